The number of hydrazine groups is 1. The number of hydrogen-bond donors (Lipinski definition) is 3. The molecular formula is C18H22BrN5O3S2. The van der Waals surface area contributed by atoms with Crippen LogP contribution in [-0.4, -0.2) is 33.9 Å². The molecule has 2 heterocycles. The van der Waals surface area contributed by atoms with Crippen LogP contribution in [0.1, 0.15) is 50.3 Å². The zero-order chi connectivity index (χ0) is 21.3. The quantitative estimate of drug-likeness (QED) is 0.339. The monoisotopic (exact) mass is 499 g/mol. The minimum atomic E-state index is -0.433. The predicted molar refractivity (Wildman–Crippen MR) is 119 cm³/mol. The molecule has 0 saturated heterocycles. The molecule has 0 aromatic carbocycles. The van der Waals surface area contributed by atoms with Crippen LogP contribution in [0.3, 0.4) is 0 Å². The number of aryl methyl sites for hydroxylation is 1. The van der Waals surface area contributed by atoms with E-state index in [0.717, 1.165) is 30.5 Å². The number of ether oxygens (including phenoxy) is 1. The molecular weight excluding hydrogens is 478 g/mol. The van der Waals surface area contributed by atoms with Gasteiger partial charge in [0.25, 0.3) is 5.91 Å². The first kappa shape index (κ1) is 21.7. The van der Waals surface area contributed by atoms with Gasteiger partial charge in [-0.3, -0.25) is 20.3 Å². The summed E-state index contributed by atoms with van der Waals surface area (Å²) >= 11 is 10.2. The highest BCUT2D eigenvalue weighted by Gasteiger charge is 2.28. The van der Waals surface area contributed by atoms with Crippen LogP contribution in [-0.2, 0) is 24.6 Å². The van der Waals surface area contributed by atoms with Crippen LogP contribution in [0.25, 0.3) is 0 Å². The summed E-state index contributed by atoms with van der Waals surface area (Å²) in [5.74, 6) is -0.249. The number of nitrogens with zero attached hydrogens (tertiary/aromatic N) is 2. The summed E-state index contributed by atoms with van der Waals surface area (Å²) in [6.07, 6.45) is 2.79. The number of carbonyl (C=O) groups is 2. The Kier molecular flexibility index (Phi) is 6.59. The zero-order valence-corrected chi connectivity index (χ0v) is 19.7. The SMILES string of the molecule is COC(=O)c1c(NC(=S)NNC(=O)c2nn(C)c(C)c2Br)sc2c1CCC(C)C2. The first-order chi connectivity index (χ1) is 13.7. The first-order valence-corrected chi connectivity index (χ1v) is 11.0. The number of methoxy groups -OCH3 is 1. The summed E-state index contributed by atoms with van der Waals surface area (Å²) in [6.45, 7) is 4.05. The summed E-state index contributed by atoms with van der Waals surface area (Å²) in [5, 5.41) is 7.98. The number of carbonyl (C=O) groups excluding carboxylic acids is 2. The fraction of sp³-hybridized carbons (Fsp3) is 0.444. The van der Waals surface area contributed by atoms with Gasteiger partial charge in [-0.15, -0.1) is 11.3 Å². The molecule has 1 unspecified atom stereocenters. The van der Waals surface area contributed by atoms with Crippen molar-refractivity contribution >= 4 is 61.5 Å². The lowest BCUT2D eigenvalue weighted by Crippen LogP contribution is -2.44. The second-order valence-electron chi connectivity index (χ2n) is 6.95. The third-order valence-corrected chi connectivity index (χ3v) is 7.22. The van der Waals surface area contributed by atoms with Gasteiger partial charge >= 0.3 is 5.97 Å². The first-order valence-electron chi connectivity index (χ1n) is 9.02. The highest BCUT2D eigenvalue weighted by Crippen LogP contribution is 2.40. The van der Waals surface area contributed by atoms with E-state index in [1.54, 1.807) is 11.7 Å². The number of nitrogens with one attached hydrogen (secondary N) is 3. The standard InChI is InChI=1S/C18H22BrN5O3S2/c1-8-5-6-10-11(7-8)29-16(12(10)17(26)27-4)20-18(28)22-21-15(25)14-13(19)9(2)24(3)23-14/h8H,5-7H2,1-4H3,(H,21,25)(H2,20,22,28). The molecule has 0 spiro atoms. The van der Waals surface area contributed by atoms with Crippen molar-refractivity contribution in [2.45, 2.75) is 33.1 Å². The second kappa shape index (κ2) is 8.80. The van der Waals surface area contributed by atoms with Crippen molar-refractivity contribution in [1.29, 1.82) is 0 Å². The van der Waals surface area contributed by atoms with Gasteiger partial charge in [-0.05, 0) is 65.8 Å². The molecule has 0 radical (unpaired) electrons. The molecule has 1 amide bonds. The normalized spacial score (nSPS) is 15.4. The molecule has 0 bridgehead atoms. The molecule has 8 nitrogen and oxygen atoms in total. The van der Waals surface area contributed by atoms with E-state index < -0.39 is 5.91 Å². The van der Waals surface area contributed by atoms with Gasteiger partial charge in [0.2, 0.25) is 0 Å². The minimum absolute atomic E-state index is 0.166. The number of amides is 1. The Morgan fingerprint density at radius 1 is 1.38 bits per heavy atom. The Morgan fingerprint density at radius 3 is 2.72 bits per heavy atom. The summed E-state index contributed by atoms with van der Waals surface area (Å²) < 4.78 is 7.19. The van der Waals surface area contributed by atoms with Crippen molar-refractivity contribution < 1.29 is 14.3 Å². The van der Waals surface area contributed by atoms with Crippen molar-refractivity contribution in [2.75, 3.05) is 12.4 Å². The van der Waals surface area contributed by atoms with Gasteiger partial charge in [0.05, 0.1) is 22.8 Å². The molecule has 3 rings (SSSR count). The van der Waals surface area contributed by atoms with Crippen molar-refractivity contribution in [3.05, 3.63) is 31.9 Å². The van der Waals surface area contributed by atoms with Gasteiger partial charge in [-0.25, -0.2) is 4.79 Å². The molecule has 156 valence electrons. The van der Waals surface area contributed by atoms with Gasteiger partial charge in [-0.2, -0.15) is 5.10 Å². The number of fused-ring (bicyclic) bond motifs is 1. The molecule has 0 fully saturated rings. The van der Waals surface area contributed by atoms with E-state index in [4.69, 9.17) is 17.0 Å². The minimum Gasteiger partial charge on any atom is -0.465 e. The molecule has 1 aliphatic carbocycles. The van der Waals surface area contributed by atoms with E-state index in [1.165, 1.54) is 23.3 Å². The molecule has 0 aliphatic heterocycles. The Balaban J connectivity index is 1.71. The van der Waals surface area contributed by atoms with Crippen LogP contribution < -0.4 is 16.2 Å². The molecule has 1 aliphatic rings. The van der Waals surface area contributed by atoms with Crippen molar-refractivity contribution in [3.63, 3.8) is 0 Å². The third-order valence-electron chi connectivity index (χ3n) is 4.89. The largest absolute Gasteiger partial charge is 0.465 e. The van der Waals surface area contributed by atoms with E-state index in [9.17, 15) is 9.59 Å². The number of thiocarbonyl (C=S) groups is 1. The summed E-state index contributed by atoms with van der Waals surface area (Å²) in [6, 6.07) is 0. The summed E-state index contributed by atoms with van der Waals surface area (Å²) in [7, 11) is 3.12. The summed E-state index contributed by atoms with van der Waals surface area (Å²) in [5.41, 5.74) is 7.82. The van der Waals surface area contributed by atoms with Crippen LogP contribution in [0.15, 0.2) is 4.47 Å². The van der Waals surface area contributed by atoms with Crippen LogP contribution in [0, 0.1) is 12.8 Å². The number of anilines is 1. The molecule has 2 aromatic heterocycles. The number of aromatic nitrogens is 2. The van der Waals surface area contributed by atoms with Crippen molar-refractivity contribution in [1.82, 2.24) is 20.6 Å². The average Bonchev–Trinajstić information content (AvgIpc) is 3.16. The molecule has 29 heavy (non-hydrogen) atoms. The van der Waals surface area contributed by atoms with E-state index in [1.807, 2.05) is 6.92 Å². The number of esters is 1. The molecule has 0 saturated carbocycles. The van der Waals surface area contributed by atoms with Crippen LogP contribution >= 0.6 is 39.5 Å². The maximum absolute atomic E-state index is 12.4. The topological polar surface area (TPSA) is 97.3 Å². The molecule has 3 N–H and O–H groups in total. The molecule has 1 atom stereocenters. The number of hydrogen-bond acceptors (Lipinski definition) is 6. The summed E-state index contributed by atoms with van der Waals surface area (Å²) in [4.78, 5) is 25.9. The number of halogens is 1. The van der Waals surface area contributed by atoms with Crippen LogP contribution in [0.4, 0.5) is 5.00 Å². The highest BCUT2D eigenvalue weighted by molar-refractivity contribution is 9.10. The maximum Gasteiger partial charge on any atom is 0.341 e. The second-order valence-corrected chi connectivity index (χ2v) is 9.26. The Hall–Kier alpha value is -1.98. The number of thiophene rings is 1. The van der Waals surface area contributed by atoms with E-state index in [0.29, 0.717) is 21.0 Å². The lowest BCUT2D eigenvalue weighted by molar-refractivity contribution is 0.0600. The fourth-order valence-corrected chi connectivity index (χ4v) is 5.33. The van der Waals surface area contributed by atoms with Crippen LogP contribution in [0.5, 0.6) is 0 Å². The van der Waals surface area contributed by atoms with Gasteiger partial charge in [0.15, 0.2) is 10.8 Å². The average molecular weight is 500 g/mol. The van der Waals surface area contributed by atoms with Gasteiger partial charge < -0.3 is 10.1 Å². The Bertz CT molecular complexity index is 985. The smallest absolute Gasteiger partial charge is 0.341 e. The lowest BCUT2D eigenvalue weighted by Gasteiger charge is -2.18. The van der Waals surface area contributed by atoms with E-state index in [2.05, 4.69) is 44.1 Å². The zero-order valence-electron chi connectivity index (χ0n) is 16.5. The molecule has 2 aromatic rings. The van der Waals surface area contributed by atoms with E-state index in [-0.39, 0.29) is 16.8 Å². The van der Waals surface area contributed by atoms with Crippen molar-refractivity contribution in [2.24, 2.45) is 13.0 Å². The highest BCUT2D eigenvalue weighted by atomic mass is 79.9. The predicted octanol–water partition coefficient (Wildman–Crippen LogP) is 3.10. The van der Waals surface area contributed by atoms with E-state index >= 15 is 0 Å². The maximum atomic E-state index is 12.4. The Labute approximate surface area is 186 Å². The molecule has 11 heteroatoms. The number of rotatable bonds is 3. The lowest BCUT2D eigenvalue weighted by atomic mass is 9.88. The third kappa shape index (κ3) is 4.46. The fourth-order valence-electron chi connectivity index (χ4n) is 3.19. The van der Waals surface area contributed by atoms with Gasteiger partial charge in [-0.1, -0.05) is 6.92 Å². The Morgan fingerprint density at radius 2 is 2.10 bits per heavy atom. The van der Waals surface area contributed by atoms with Crippen molar-refractivity contribution in [3.8, 4) is 0 Å². The van der Waals surface area contributed by atoms with Gasteiger partial charge in [0.1, 0.15) is 5.00 Å². The van der Waals surface area contributed by atoms with Gasteiger partial charge in [0, 0.05) is 11.9 Å². The van der Waals surface area contributed by atoms with Crippen LogP contribution in [0.2, 0.25) is 0 Å².